The monoisotopic (exact) mass is 167 g/mol. The molecule has 0 aromatic heterocycles. The van der Waals surface area contributed by atoms with Crippen LogP contribution in [-0.2, 0) is 0 Å². The van der Waals surface area contributed by atoms with E-state index in [1.807, 2.05) is 0 Å². The normalized spacial score (nSPS) is 42.5. The molecule has 70 valence electrons. The van der Waals surface area contributed by atoms with Crippen molar-refractivity contribution in [3.8, 4) is 0 Å². The van der Waals surface area contributed by atoms with Gasteiger partial charge in [-0.1, -0.05) is 20.3 Å². The van der Waals surface area contributed by atoms with Crippen molar-refractivity contribution in [3.63, 3.8) is 0 Å². The molecule has 3 atom stereocenters. The van der Waals surface area contributed by atoms with Crippen LogP contribution in [0.5, 0.6) is 0 Å². The summed E-state index contributed by atoms with van der Waals surface area (Å²) in [5.74, 6) is 1.88. The Labute approximate surface area is 76.1 Å². The molecule has 2 saturated heterocycles. The molecule has 2 heterocycles. The molecule has 2 aliphatic rings. The van der Waals surface area contributed by atoms with E-state index in [1.54, 1.807) is 0 Å². The number of piperidine rings is 1. The molecule has 1 heteroatoms. The molecule has 2 aliphatic heterocycles. The fraction of sp³-hybridized carbons (Fsp3) is 1.00. The average molecular weight is 167 g/mol. The van der Waals surface area contributed by atoms with Gasteiger partial charge in [-0.25, -0.2) is 0 Å². The van der Waals surface area contributed by atoms with Gasteiger partial charge in [0.15, 0.2) is 0 Å². The van der Waals surface area contributed by atoms with Gasteiger partial charge in [-0.3, -0.25) is 0 Å². The number of fused-ring (bicyclic) bond motifs is 2. The van der Waals surface area contributed by atoms with E-state index in [-0.39, 0.29) is 0 Å². The van der Waals surface area contributed by atoms with E-state index >= 15 is 0 Å². The summed E-state index contributed by atoms with van der Waals surface area (Å²) in [6, 6.07) is 1.85. The van der Waals surface area contributed by atoms with Crippen molar-refractivity contribution in [3.05, 3.63) is 0 Å². The van der Waals surface area contributed by atoms with Gasteiger partial charge < -0.3 is 4.90 Å². The third-order valence-electron chi connectivity index (χ3n) is 4.03. The van der Waals surface area contributed by atoms with E-state index in [0.717, 1.165) is 23.9 Å². The van der Waals surface area contributed by atoms with Crippen LogP contribution in [-0.4, -0.2) is 24.0 Å². The van der Waals surface area contributed by atoms with Crippen molar-refractivity contribution >= 4 is 0 Å². The Morgan fingerprint density at radius 3 is 2.58 bits per heavy atom. The van der Waals surface area contributed by atoms with E-state index in [0.29, 0.717) is 0 Å². The first-order valence-electron chi connectivity index (χ1n) is 5.42. The number of hydrogen-bond donors (Lipinski definition) is 0. The lowest BCUT2D eigenvalue weighted by Gasteiger charge is -2.33. The zero-order valence-corrected chi connectivity index (χ0v) is 8.59. The summed E-state index contributed by atoms with van der Waals surface area (Å²) >= 11 is 0. The molecule has 0 amide bonds. The van der Waals surface area contributed by atoms with Gasteiger partial charge in [0.1, 0.15) is 0 Å². The van der Waals surface area contributed by atoms with Crippen LogP contribution in [0.25, 0.3) is 0 Å². The molecule has 0 aliphatic carbocycles. The molecule has 0 radical (unpaired) electrons. The molecule has 0 aromatic carbocycles. The van der Waals surface area contributed by atoms with Crippen molar-refractivity contribution in [1.29, 1.82) is 0 Å². The zero-order chi connectivity index (χ0) is 8.72. The molecule has 0 saturated carbocycles. The standard InChI is InChI=1S/C11H21N/c1-8(2)10-7-9-5-4-6-11(10)12(9)3/h8-11H,4-7H2,1-3H3. The maximum atomic E-state index is 2.65. The molecular formula is C11H21N. The third kappa shape index (κ3) is 1.19. The second kappa shape index (κ2) is 3.02. The minimum Gasteiger partial charge on any atom is -0.300 e. The smallest absolute Gasteiger partial charge is 0.0126 e. The highest BCUT2D eigenvalue weighted by Gasteiger charge is 2.42. The molecule has 2 bridgehead atoms. The Kier molecular flexibility index (Phi) is 2.16. The van der Waals surface area contributed by atoms with E-state index in [2.05, 4.69) is 25.8 Å². The van der Waals surface area contributed by atoms with Gasteiger partial charge in [0.2, 0.25) is 0 Å². The van der Waals surface area contributed by atoms with Gasteiger partial charge in [0, 0.05) is 12.1 Å². The first-order valence-corrected chi connectivity index (χ1v) is 5.42. The highest BCUT2D eigenvalue weighted by Crippen LogP contribution is 2.41. The lowest BCUT2D eigenvalue weighted by Crippen LogP contribution is -2.38. The van der Waals surface area contributed by atoms with Crippen molar-refractivity contribution in [2.24, 2.45) is 11.8 Å². The van der Waals surface area contributed by atoms with Crippen molar-refractivity contribution in [2.75, 3.05) is 7.05 Å². The lowest BCUT2D eigenvalue weighted by atomic mass is 9.87. The Balaban J connectivity index is 2.11. The molecule has 12 heavy (non-hydrogen) atoms. The largest absolute Gasteiger partial charge is 0.300 e. The summed E-state index contributed by atoms with van der Waals surface area (Å²) in [6.45, 7) is 4.78. The average Bonchev–Trinajstić information content (AvgIpc) is 2.27. The fourth-order valence-corrected chi connectivity index (χ4v) is 3.23. The van der Waals surface area contributed by atoms with Gasteiger partial charge in [-0.2, -0.15) is 0 Å². The van der Waals surface area contributed by atoms with Crippen LogP contribution in [0, 0.1) is 11.8 Å². The summed E-state index contributed by atoms with van der Waals surface area (Å²) in [5, 5.41) is 0. The quantitative estimate of drug-likeness (QED) is 0.580. The maximum absolute atomic E-state index is 2.65. The summed E-state index contributed by atoms with van der Waals surface area (Å²) < 4.78 is 0. The molecule has 2 rings (SSSR count). The van der Waals surface area contributed by atoms with Crippen molar-refractivity contribution < 1.29 is 0 Å². The van der Waals surface area contributed by atoms with Crippen LogP contribution in [0.3, 0.4) is 0 Å². The molecule has 2 fully saturated rings. The van der Waals surface area contributed by atoms with Gasteiger partial charge in [-0.15, -0.1) is 0 Å². The number of nitrogens with zero attached hydrogens (tertiary/aromatic N) is 1. The van der Waals surface area contributed by atoms with Gasteiger partial charge >= 0.3 is 0 Å². The van der Waals surface area contributed by atoms with Gasteiger partial charge in [-0.05, 0) is 38.1 Å². The predicted octanol–water partition coefficient (Wildman–Crippen LogP) is 2.52. The number of rotatable bonds is 1. The molecule has 3 unspecified atom stereocenters. The number of hydrogen-bond acceptors (Lipinski definition) is 1. The fourth-order valence-electron chi connectivity index (χ4n) is 3.23. The summed E-state index contributed by atoms with van der Waals surface area (Å²) in [6.07, 6.45) is 5.85. The van der Waals surface area contributed by atoms with Crippen LogP contribution >= 0.6 is 0 Å². The van der Waals surface area contributed by atoms with Crippen LogP contribution < -0.4 is 0 Å². The van der Waals surface area contributed by atoms with Gasteiger partial charge in [0.05, 0.1) is 0 Å². The Hall–Kier alpha value is -0.0400. The molecule has 1 nitrogen and oxygen atoms in total. The predicted molar refractivity (Wildman–Crippen MR) is 52.1 cm³/mol. The Bertz CT molecular complexity index is 164. The first-order chi connectivity index (χ1) is 5.70. The lowest BCUT2D eigenvalue weighted by molar-refractivity contribution is 0.154. The molecule has 0 aromatic rings. The Morgan fingerprint density at radius 1 is 1.25 bits per heavy atom. The van der Waals surface area contributed by atoms with E-state index < -0.39 is 0 Å². The minimum atomic E-state index is 0.889. The Morgan fingerprint density at radius 2 is 2.00 bits per heavy atom. The third-order valence-corrected chi connectivity index (χ3v) is 4.03. The van der Waals surface area contributed by atoms with Crippen LogP contribution in [0.1, 0.15) is 39.5 Å². The van der Waals surface area contributed by atoms with E-state index in [4.69, 9.17) is 0 Å². The molecular weight excluding hydrogens is 146 g/mol. The van der Waals surface area contributed by atoms with Crippen LogP contribution in [0.4, 0.5) is 0 Å². The van der Waals surface area contributed by atoms with E-state index in [9.17, 15) is 0 Å². The van der Waals surface area contributed by atoms with E-state index in [1.165, 1.54) is 25.7 Å². The second-order valence-corrected chi connectivity index (χ2v) is 4.96. The minimum absolute atomic E-state index is 0.889. The highest BCUT2D eigenvalue weighted by atomic mass is 15.2. The molecule has 0 spiro atoms. The van der Waals surface area contributed by atoms with Gasteiger partial charge in [0.25, 0.3) is 0 Å². The first kappa shape index (κ1) is 8.55. The van der Waals surface area contributed by atoms with Crippen molar-refractivity contribution in [1.82, 2.24) is 4.90 Å². The molecule has 0 N–H and O–H groups in total. The summed E-state index contributed by atoms with van der Waals surface area (Å²) in [4.78, 5) is 2.65. The maximum Gasteiger partial charge on any atom is 0.0126 e. The summed E-state index contributed by atoms with van der Waals surface area (Å²) in [7, 11) is 2.33. The second-order valence-electron chi connectivity index (χ2n) is 4.96. The summed E-state index contributed by atoms with van der Waals surface area (Å²) in [5.41, 5.74) is 0. The SMILES string of the molecule is CC(C)C1CC2CCCC1N2C. The highest BCUT2D eigenvalue weighted by molar-refractivity contribution is 4.96. The van der Waals surface area contributed by atoms with Crippen LogP contribution in [0.2, 0.25) is 0 Å². The topological polar surface area (TPSA) is 3.24 Å². The van der Waals surface area contributed by atoms with Crippen molar-refractivity contribution in [2.45, 2.75) is 51.6 Å². The zero-order valence-electron chi connectivity index (χ0n) is 8.59. The van der Waals surface area contributed by atoms with Crippen LogP contribution in [0.15, 0.2) is 0 Å².